The SMILES string of the molecule is CC(CO)N=C(N)c1c(Nc2ccc(Oc3ccc(F)cc3Cl)cc2C(F)(F)F)s[nH]c1=O. The fourth-order valence-corrected chi connectivity index (χ4v) is 3.67. The van der Waals surface area contributed by atoms with Crippen molar-refractivity contribution in [1.82, 2.24) is 4.37 Å². The van der Waals surface area contributed by atoms with Crippen molar-refractivity contribution in [3.63, 3.8) is 0 Å². The maximum atomic E-state index is 13.8. The number of aromatic nitrogens is 1. The van der Waals surface area contributed by atoms with Gasteiger partial charge in [-0.15, -0.1) is 0 Å². The Hall–Kier alpha value is -3.09. The Labute approximate surface area is 193 Å². The van der Waals surface area contributed by atoms with E-state index in [2.05, 4.69) is 14.7 Å². The highest BCUT2D eigenvalue weighted by Gasteiger charge is 2.35. The summed E-state index contributed by atoms with van der Waals surface area (Å²) < 4.78 is 62.3. The molecule has 1 aromatic heterocycles. The molecule has 5 N–H and O–H groups in total. The van der Waals surface area contributed by atoms with Crippen LogP contribution >= 0.6 is 23.1 Å². The quantitative estimate of drug-likeness (QED) is 0.208. The second kappa shape index (κ2) is 9.81. The summed E-state index contributed by atoms with van der Waals surface area (Å²) in [4.78, 5) is 16.1. The molecule has 2 aromatic carbocycles. The molecular weight excluding hydrogens is 488 g/mol. The van der Waals surface area contributed by atoms with Gasteiger partial charge in [-0.05, 0) is 54.9 Å². The van der Waals surface area contributed by atoms with Gasteiger partial charge in [-0.25, -0.2) is 4.39 Å². The molecule has 0 amide bonds. The number of nitrogens with zero attached hydrogens (tertiary/aromatic N) is 1. The molecule has 3 rings (SSSR count). The van der Waals surface area contributed by atoms with Gasteiger partial charge in [0.05, 0.1) is 28.9 Å². The van der Waals surface area contributed by atoms with Gasteiger partial charge in [0, 0.05) is 0 Å². The van der Waals surface area contributed by atoms with Crippen molar-refractivity contribution in [2.24, 2.45) is 10.7 Å². The minimum atomic E-state index is -4.79. The van der Waals surface area contributed by atoms with Gasteiger partial charge in [0.2, 0.25) is 0 Å². The van der Waals surface area contributed by atoms with E-state index in [0.29, 0.717) is 0 Å². The predicted octanol–water partition coefficient (Wildman–Crippen LogP) is 4.87. The van der Waals surface area contributed by atoms with E-state index in [9.17, 15) is 22.4 Å². The van der Waals surface area contributed by atoms with Crippen molar-refractivity contribution in [1.29, 1.82) is 0 Å². The maximum absolute atomic E-state index is 13.8. The van der Waals surface area contributed by atoms with Crippen molar-refractivity contribution in [2.75, 3.05) is 11.9 Å². The molecule has 0 radical (unpaired) electrons. The van der Waals surface area contributed by atoms with E-state index in [1.165, 1.54) is 12.1 Å². The second-order valence-electron chi connectivity index (χ2n) is 6.79. The highest BCUT2D eigenvalue weighted by Crippen LogP contribution is 2.40. The van der Waals surface area contributed by atoms with E-state index in [1.807, 2.05) is 0 Å². The minimum Gasteiger partial charge on any atom is -0.456 e. The number of aliphatic imine (C=N–C) groups is 1. The number of hydrogen-bond donors (Lipinski definition) is 4. The van der Waals surface area contributed by atoms with Crippen LogP contribution in [0.2, 0.25) is 5.02 Å². The van der Waals surface area contributed by atoms with E-state index in [4.69, 9.17) is 27.2 Å². The number of amidine groups is 1. The molecule has 1 unspecified atom stereocenters. The number of nitrogens with one attached hydrogen (secondary N) is 2. The van der Waals surface area contributed by atoms with E-state index in [0.717, 1.165) is 35.8 Å². The highest BCUT2D eigenvalue weighted by molar-refractivity contribution is 7.10. The van der Waals surface area contributed by atoms with Crippen LogP contribution in [0.4, 0.5) is 28.3 Å². The van der Waals surface area contributed by atoms with Crippen molar-refractivity contribution in [3.05, 3.63) is 68.7 Å². The summed E-state index contributed by atoms with van der Waals surface area (Å²) in [5.41, 5.74) is 3.57. The zero-order valence-corrected chi connectivity index (χ0v) is 18.4. The standard InChI is InChI=1S/C20H17ClF4N4O3S/c1-9(8-30)27-17(26)16-18(31)29-33-19(16)28-14-4-3-11(7-12(14)20(23,24)25)32-15-5-2-10(22)6-13(15)21/h2-7,9,28,30H,8H2,1H3,(H2,26,27)(H,29,31). The van der Waals surface area contributed by atoms with Gasteiger partial charge >= 0.3 is 6.18 Å². The molecule has 0 saturated carbocycles. The van der Waals surface area contributed by atoms with Crippen molar-refractivity contribution >= 4 is 39.7 Å². The molecule has 1 atom stereocenters. The number of rotatable bonds is 7. The van der Waals surface area contributed by atoms with Gasteiger partial charge in [0.1, 0.15) is 33.7 Å². The third kappa shape index (κ3) is 5.83. The Kier molecular flexibility index (Phi) is 7.30. The molecule has 13 heteroatoms. The summed E-state index contributed by atoms with van der Waals surface area (Å²) in [6.07, 6.45) is -4.79. The molecule has 33 heavy (non-hydrogen) atoms. The summed E-state index contributed by atoms with van der Waals surface area (Å²) in [6.45, 7) is 1.22. The first-order valence-corrected chi connectivity index (χ1v) is 10.5. The molecule has 0 fully saturated rings. The van der Waals surface area contributed by atoms with Crippen molar-refractivity contribution in [2.45, 2.75) is 19.1 Å². The summed E-state index contributed by atoms with van der Waals surface area (Å²) in [6, 6.07) is 5.69. The lowest BCUT2D eigenvalue weighted by atomic mass is 10.1. The lowest BCUT2D eigenvalue weighted by Crippen LogP contribution is -2.24. The Morgan fingerprint density at radius 2 is 2.06 bits per heavy atom. The Morgan fingerprint density at radius 1 is 1.33 bits per heavy atom. The number of halogens is 5. The smallest absolute Gasteiger partial charge is 0.418 e. The first kappa shape index (κ1) is 24.6. The van der Waals surface area contributed by atoms with E-state index < -0.39 is 29.2 Å². The third-order valence-corrected chi connectivity index (χ3v) is 5.34. The van der Waals surface area contributed by atoms with Crippen LogP contribution in [0.15, 0.2) is 46.2 Å². The second-order valence-corrected chi connectivity index (χ2v) is 8.01. The lowest BCUT2D eigenvalue weighted by Gasteiger charge is -2.16. The molecule has 0 bridgehead atoms. The molecule has 1 heterocycles. The molecular formula is C20H17ClF4N4O3S. The predicted molar refractivity (Wildman–Crippen MR) is 118 cm³/mol. The summed E-state index contributed by atoms with van der Waals surface area (Å²) in [5, 5.41) is 11.6. The Bertz CT molecular complexity index is 1240. The monoisotopic (exact) mass is 504 g/mol. The van der Waals surface area contributed by atoms with Crippen LogP contribution in [0.5, 0.6) is 11.5 Å². The average molecular weight is 505 g/mol. The van der Waals surface area contributed by atoms with Crippen LogP contribution in [0, 0.1) is 5.82 Å². The van der Waals surface area contributed by atoms with E-state index in [-0.39, 0.29) is 45.2 Å². The van der Waals surface area contributed by atoms with Gasteiger partial charge in [-0.1, -0.05) is 11.6 Å². The van der Waals surface area contributed by atoms with Gasteiger partial charge in [-0.2, -0.15) is 13.2 Å². The van der Waals surface area contributed by atoms with Crippen LogP contribution < -0.4 is 21.3 Å². The molecule has 176 valence electrons. The van der Waals surface area contributed by atoms with E-state index >= 15 is 0 Å². The Balaban J connectivity index is 1.98. The topological polar surface area (TPSA) is 113 Å². The van der Waals surface area contributed by atoms with Gasteiger partial charge < -0.3 is 20.9 Å². The molecule has 0 spiro atoms. The molecule has 7 nitrogen and oxygen atoms in total. The van der Waals surface area contributed by atoms with Crippen LogP contribution in [-0.4, -0.2) is 28.0 Å². The molecule has 0 aliphatic heterocycles. The number of benzene rings is 2. The fraction of sp³-hybridized carbons (Fsp3) is 0.200. The normalized spacial score (nSPS) is 13.1. The number of H-pyrrole nitrogens is 1. The van der Waals surface area contributed by atoms with Gasteiger partial charge in [0.15, 0.2) is 0 Å². The highest BCUT2D eigenvalue weighted by atomic mass is 35.5. The zero-order chi connectivity index (χ0) is 24.3. The van der Waals surface area contributed by atoms with Gasteiger partial charge in [-0.3, -0.25) is 14.2 Å². The van der Waals surface area contributed by atoms with Crippen LogP contribution in [0.25, 0.3) is 0 Å². The average Bonchev–Trinajstić information content (AvgIpc) is 3.10. The van der Waals surface area contributed by atoms with Crippen LogP contribution in [-0.2, 0) is 6.18 Å². The molecule has 3 aromatic rings. The zero-order valence-electron chi connectivity index (χ0n) is 16.8. The molecule has 0 saturated heterocycles. The number of anilines is 2. The Morgan fingerprint density at radius 3 is 2.70 bits per heavy atom. The summed E-state index contributed by atoms with van der Waals surface area (Å²) in [7, 11) is 0. The first-order valence-electron chi connectivity index (χ1n) is 9.26. The number of aliphatic hydroxyl groups is 1. The van der Waals surface area contributed by atoms with E-state index in [1.54, 1.807) is 6.92 Å². The fourth-order valence-electron chi connectivity index (χ4n) is 2.70. The first-order chi connectivity index (χ1) is 15.5. The maximum Gasteiger partial charge on any atom is 0.418 e. The van der Waals surface area contributed by atoms with Crippen LogP contribution in [0.1, 0.15) is 18.1 Å². The number of alkyl halides is 3. The number of nitrogens with two attached hydrogens (primary N) is 1. The van der Waals surface area contributed by atoms with Gasteiger partial charge in [0.25, 0.3) is 5.56 Å². The number of hydrogen-bond acceptors (Lipinski definition) is 6. The number of aromatic amines is 1. The molecule has 0 aliphatic rings. The lowest BCUT2D eigenvalue weighted by molar-refractivity contribution is -0.137. The third-order valence-electron chi connectivity index (χ3n) is 4.25. The molecule has 0 aliphatic carbocycles. The van der Waals surface area contributed by atoms with Crippen molar-refractivity contribution < 1.29 is 27.4 Å². The number of aliphatic hydroxyl groups excluding tert-OH is 1. The summed E-state index contributed by atoms with van der Waals surface area (Å²) >= 11 is 6.61. The largest absolute Gasteiger partial charge is 0.456 e. The summed E-state index contributed by atoms with van der Waals surface area (Å²) in [5.74, 6) is -1.08. The van der Waals surface area contributed by atoms with Crippen LogP contribution in [0.3, 0.4) is 0 Å². The van der Waals surface area contributed by atoms with Crippen molar-refractivity contribution in [3.8, 4) is 11.5 Å². The number of ether oxygens (including phenoxy) is 1. The minimum absolute atomic E-state index is 0.00661.